The van der Waals surface area contributed by atoms with Gasteiger partial charge in [-0.25, -0.2) is 13.6 Å². The lowest BCUT2D eigenvalue weighted by atomic mass is 9.60. The first-order chi connectivity index (χ1) is 19.1. The topological polar surface area (TPSA) is 48.0 Å². The van der Waals surface area contributed by atoms with Crippen molar-refractivity contribution in [2.24, 2.45) is 5.92 Å². The molecule has 218 valence electrons. The van der Waals surface area contributed by atoms with E-state index in [1.807, 2.05) is 49.9 Å². The Hall–Kier alpha value is -2.03. The van der Waals surface area contributed by atoms with Gasteiger partial charge in [0.05, 0.1) is 12.7 Å². The molecule has 2 saturated heterocycles. The fourth-order valence-electron chi connectivity index (χ4n) is 6.49. The molecular weight excluding hydrogens is 556 g/mol. The summed E-state index contributed by atoms with van der Waals surface area (Å²) in [7, 11) is 0. The summed E-state index contributed by atoms with van der Waals surface area (Å²) < 4.78 is 48.1. The Balaban J connectivity index is 1.30. The normalized spacial score (nSPS) is 26.1. The number of hydrogen-bond acceptors (Lipinski definition) is 5. The maximum absolute atomic E-state index is 15.5. The lowest BCUT2D eigenvalue weighted by molar-refractivity contribution is -0.0962. The number of thioether (sulfide) groups is 1. The van der Waals surface area contributed by atoms with E-state index in [1.165, 1.54) is 6.07 Å². The van der Waals surface area contributed by atoms with Crippen LogP contribution in [-0.2, 0) is 21.3 Å². The number of hydrogen-bond donors (Lipinski definition) is 0. The van der Waals surface area contributed by atoms with Gasteiger partial charge < -0.3 is 19.1 Å². The van der Waals surface area contributed by atoms with Crippen molar-refractivity contribution in [3.05, 3.63) is 64.2 Å². The number of fused-ring (bicyclic) bond motifs is 3. The highest BCUT2D eigenvalue weighted by atomic mass is 35.5. The van der Waals surface area contributed by atoms with E-state index in [2.05, 4.69) is 0 Å². The Morgan fingerprint density at radius 1 is 1.18 bits per heavy atom. The Kier molecular flexibility index (Phi) is 8.89. The van der Waals surface area contributed by atoms with E-state index in [1.54, 1.807) is 11.8 Å². The molecule has 0 spiro atoms. The van der Waals surface area contributed by atoms with Crippen LogP contribution in [0.2, 0.25) is 5.02 Å². The van der Waals surface area contributed by atoms with Gasteiger partial charge in [-0.2, -0.15) is 11.8 Å². The molecule has 4 atom stereocenters. The van der Waals surface area contributed by atoms with Gasteiger partial charge in [0.25, 0.3) is 0 Å². The number of benzene rings is 2. The van der Waals surface area contributed by atoms with Crippen LogP contribution in [0.4, 0.5) is 13.6 Å². The summed E-state index contributed by atoms with van der Waals surface area (Å²) in [4.78, 5) is 14.5. The molecule has 5 nitrogen and oxygen atoms in total. The van der Waals surface area contributed by atoms with Crippen molar-refractivity contribution < 1.29 is 27.8 Å². The van der Waals surface area contributed by atoms with Crippen molar-refractivity contribution in [2.45, 2.75) is 76.0 Å². The predicted octanol–water partition coefficient (Wildman–Crippen LogP) is 7.42. The first-order valence-corrected chi connectivity index (χ1v) is 15.7. The molecule has 0 aromatic heterocycles. The molecular formula is C31H38ClF2NO4S. The Bertz CT molecular complexity index is 1210. The highest BCUT2D eigenvalue weighted by Gasteiger charge is 2.53. The molecule has 9 heteroatoms. The van der Waals surface area contributed by atoms with Gasteiger partial charge >= 0.3 is 6.09 Å². The molecule has 2 aromatic carbocycles. The van der Waals surface area contributed by atoms with E-state index in [0.717, 1.165) is 48.9 Å². The zero-order valence-electron chi connectivity index (χ0n) is 23.4. The van der Waals surface area contributed by atoms with Crippen molar-refractivity contribution >= 4 is 29.5 Å². The van der Waals surface area contributed by atoms with E-state index < -0.39 is 22.7 Å². The highest BCUT2D eigenvalue weighted by molar-refractivity contribution is 7.99. The van der Waals surface area contributed by atoms with Crippen LogP contribution in [0, 0.1) is 17.6 Å². The zero-order chi connectivity index (χ0) is 28.5. The summed E-state index contributed by atoms with van der Waals surface area (Å²) in [6.45, 7) is 7.11. The molecule has 0 bridgehead atoms. The summed E-state index contributed by atoms with van der Waals surface area (Å²) in [5.41, 5.74) is 0.181. The first-order valence-electron chi connectivity index (χ1n) is 14.1. The molecule has 0 radical (unpaired) electrons. The number of likely N-dealkylation sites (tertiary alicyclic amines) is 1. The SMILES string of the molecule is CC(C)(C)OC(=O)N1CCC[C@H]1CSCC[C@@H]1OCC[C@@]2(Cc3ccc(Cl)cc3)c3c(F)ccc(F)c3OC[C@@H]12. The van der Waals surface area contributed by atoms with Crippen LogP contribution in [0.1, 0.15) is 57.6 Å². The molecule has 0 N–H and O–H groups in total. The number of ether oxygens (including phenoxy) is 3. The summed E-state index contributed by atoms with van der Waals surface area (Å²) in [6, 6.07) is 10.1. The summed E-state index contributed by atoms with van der Waals surface area (Å²) in [5.74, 6) is 0.583. The minimum Gasteiger partial charge on any atom is -0.490 e. The van der Waals surface area contributed by atoms with Gasteiger partial charge in [0.2, 0.25) is 0 Å². The highest BCUT2D eigenvalue weighted by Crippen LogP contribution is 2.53. The minimum absolute atomic E-state index is 0.0312. The van der Waals surface area contributed by atoms with Crippen LogP contribution >= 0.6 is 23.4 Å². The molecule has 0 aliphatic carbocycles. The van der Waals surface area contributed by atoms with Crippen molar-refractivity contribution in [3.63, 3.8) is 0 Å². The lowest BCUT2D eigenvalue weighted by Gasteiger charge is -2.51. The predicted molar refractivity (Wildman–Crippen MR) is 154 cm³/mol. The molecule has 40 heavy (non-hydrogen) atoms. The Labute approximate surface area is 244 Å². The van der Waals surface area contributed by atoms with Crippen LogP contribution in [0.15, 0.2) is 36.4 Å². The summed E-state index contributed by atoms with van der Waals surface area (Å²) >= 11 is 7.93. The summed E-state index contributed by atoms with van der Waals surface area (Å²) in [5, 5.41) is 0.636. The van der Waals surface area contributed by atoms with E-state index in [-0.39, 0.29) is 36.5 Å². The Morgan fingerprint density at radius 2 is 1.93 bits per heavy atom. The monoisotopic (exact) mass is 593 g/mol. The average Bonchev–Trinajstić information content (AvgIpc) is 3.37. The maximum atomic E-state index is 15.5. The van der Waals surface area contributed by atoms with Gasteiger partial charge in [-0.1, -0.05) is 23.7 Å². The molecule has 2 fully saturated rings. The van der Waals surface area contributed by atoms with Gasteiger partial charge in [-0.15, -0.1) is 0 Å². The number of carbonyl (C=O) groups is 1. The third-order valence-electron chi connectivity index (χ3n) is 8.30. The van der Waals surface area contributed by atoms with Gasteiger partial charge in [-0.05, 0) is 88.5 Å². The second-order valence-corrected chi connectivity index (χ2v) is 13.7. The molecule has 2 aromatic rings. The van der Waals surface area contributed by atoms with E-state index in [0.29, 0.717) is 30.0 Å². The lowest BCUT2D eigenvalue weighted by Crippen LogP contribution is -2.55. The summed E-state index contributed by atoms with van der Waals surface area (Å²) in [6.07, 6.45) is 3.42. The van der Waals surface area contributed by atoms with Crippen molar-refractivity contribution in [1.82, 2.24) is 4.90 Å². The van der Waals surface area contributed by atoms with Gasteiger partial charge in [0.1, 0.15) is 11.4 Å². The fourth-order valence-corrected chi connectivity index (χ4v) is 7.80. The van der Waals surface area contributed by atoms with Crippen molar-refractivity contribution in [3.8, 4) is 5.75 Å². The van der Waals surface area contributed by atoms with Crippen LogP contribution in [0.3, 0.4) is 0 Å². The van der Waals surface area contributed by atoms with Crippen LogP contribution in [-0.4, -0.2) is 60.0 Å². The van der Waals surface area contributed by atoms with Crippen LogP contribution < -0.4 is 4.74 Å². The van der Waals surface area contributed by atoms with E-state index in [4.69, 9.17) is 25.8 Å². The molecule has 3 heterocycles. The van der Waals surface area contributed by atoms with Gasteiger partial charge in [0.15, 0.2) is 11.6 Å². The zero-order valence-corrected chi connectivity index (χ0v) is 25.0. The van der Waals surface area contributed by atoms with E-state index >= 15 is 4.39 Å². The molecule has 5 rings (SSSR count). The first kappa shape index (κ1) is 29.5. The van der Waals surface area contributed by atoms with Crippen LogP contribution in [0.5, 0.6) is 5.75 Å². The minimum atomic E-state index is -0.653. The quantitative estimate of drug-likeness (QED) is 0.313. The van der Waals surface area contributed by atoms with Crippen molar-refractivity contribution in [1.29, 1.82) is 0 Å². The third kappa shape index (κ3) is 6.24. The molecule has 0 unspecified atom stereocenters. The maximum Gasteiger partial charge on any atom is 0.410 e. The van der Waals surface area contributed by atoms with Gasteiger partial charge in [-0.3, -0.25) is 0 Å². The number of carbonyl (C=O) groups excluding carboxylic acids is 1. The number of nitrogens with zero attached hydrogens (tertiary/aromatic N) is 1. The number of amides is 1. The molecule has 3 aliphatic rings. The average molecular weight is 594 g/mol. The molecule has 1 amide bonds. The molecule has 3 aliphatic heterocycles. The van der Waals surface area contributed by atoms with E-state index in [9.17, 15) is 9.18 Å². The smallest absolute Gasteiger partial charge is 0.410 e. The van der Waals surface area contributed by atoms with Crippen LogP contribution in [0.25, 0.3) is 0 Å². The largest absolute Gasteiger partial charge is 0.490 e. The van der Waals surface area contributed by atoms with Crippen molar-refractivity contribution in [2.75, 3.05) is 31.3 Å². The molecule has 0 saturated carbocycles. The fraction of sp³-hybridized carbons (Fsp3) is 0.581. The van der Waals surface area contributed by atoms with Gasteiger partial charge in [0, 0.05) is 46.9 Å². The second kappa shape index (κ2) is 12.1. The Morgan fingerprint density at radius 3 is 2.67 bits per heavy atom. The second-order valence-electron chi connectivity index (χ2n) is 12.1. The third-order valence-corrected chi connectivity index (χ3v) is 9.69. The standard InChI is InChI=1S/C31H38ClF2NO4S/c1-30(2,3)39-29(36)35-14-4-5-22(35)19-40-16-12-26-23-18-38-28-25(34)11-10-24(33)27(28)31(23,13-15-37-26)17-20-6-8-21(32)9-7-20/h6-11,22-23,26H,4-5,12-19H2,1-3H3/t22-,23-,26-,31-/m0/s1. The number of halogens is 3. The number of rotatable bonds is 7.